The zero-order valence-corrected chi connectivity index (χ0v) is 8.67. The fourth-order valence-electron chi connectivity index (χ4n) is 1.56. The third-order valence-electron chi connectivity index (χ3n) is 2.53. The number of nitrogens with one attached hydrogen (secondary N) is 1. The summed E-state index contributed by atoms with van der Waals surface area (Å²) < 4.78 is 11.0. The van der Waals surface area contributed by atoms with Gasteiger partial charge in [0.1, 0.15) is 11.9 Å². The van der Waals surface area contributed by atoms with Gasteiger partial charge >= 0.3 is 6.08 Å². The van der Waals surface area contributed by atoms with Crippen molar-refractivity contribution < 1.29 is 9.15 Å². The number of piperidine rings is 1. The second kappa shape index (κ2) is 4.00. The van der Waals surface area contributed by atoms with E-state index in [4.69, 9.17) is 9.15 Å². The topological polar surface area (TPSA) is 47.3 Å². The molecule has 0 spiro atoms. The molecule has 78 valence electrons. The average Bonchev–Trinajstić information content (AvgIpc) is 2.47. The lowest BCUT2D eigenvalue weighted by molar-refractivity contribution is 0.121. The zero-order valence-electron chi connectivity index (χ0n) is 8.67. The summed E-state index contributed by atoms with van der Waals surface area (Å²) in [5.41, 5.74) is 0.906. The molecule has 0 amide bonds. The van der Waals surface area contributed by atoms with E-state index in [-0.39, 0.29) is 6.10 Å². The van der Waals surface area contributed by atoms with Gasteiger partial charge in [0.05, 0.1) is 5.69 Å². The summed E-state index contributed by atoms with van der Waals surface area (Å²) in [6.07, 6.45) is 2.85. The molecule has 1 aliphatic heterocycles. The molecule has 1 aromatic heterocycles. The standard InChI is InChI=1S/C10H16N2O2/c1-7-8(2)13-10(12-7)14-9-4-3-5-11-6-9/h9,11H,3-6H2,1-2H3. The lowest BCUT2D eigenvalue weighted by Crippen LogP contribution is -2.37. The van der Waals surface area contributed by atoms with Crippen molar-refractivity contribution in [3.05, 3.63) is 11.5 Å². The Morgan fingerprint density at radius 2 is 2.36 bits per heavy atom. The summed E-state index contributed by atoms with van der Waals surface area (Å²) >= 11 is 0. The molecule has 1 aliphatic rings. The Hall–Kier alpha value is -1.03. The van der Waals surface area contributed by atoms with E-state index >= 15 is 0 Å². The third-order valence-corrected chi connectivity index (χ3v) is 2.53. The second-order valence-electron chi connectivity index (χ2n) is 3.71. The van der Waals surface area contributed by atoms with Crippen molar-refractivity contribution in [2.45, 2.75) is 32.8 Å². The maximum absolute atomic E-state index is 5.62. The second-order valence-corrected chi connectivity index (χ2v) is 3.71. The van der Waals surface area contributed by atoms with Crippen LogP contribution in [0.5, 0.6) is 6.08 Å². The van der Waals surface area contributed by atoms with Crippen molar-refractivity contribution in [2.75, 3.05) is 13.1 Å². The molecule has 14 heavy (non-hydrogen) atoms. The Bertz CT molecular complexity index is 284. The van der Waals surface area contributed by atoms with E-state index in [1.54, 1.807) is 0 Å². The minimum Gasteiger partial charge on any atom is -0.446 e. The van der Waals surface area contributed by atoms with E-state index < -0.39 is 0 Å². The molecule has 2 heterocycles. The van der Waals surface area contributed by atoms with Crippen LogP contribution in [0, 0.1) is 13.8 Å². The number of hydrogen-bond donors (Lipinski definition) is 1. The van der Waals surface area contributed by atoms with Crippen LogP contribution in [-0.4, -0.2) is 24.2 Å². The fraction of sp³-hybridized carbons (Fsp3) is 0.700. The highest BCUT2D eigenvalue weighted by Crippen LogP contribution is 2.18. The maximum Gasteiger partial charge on any atom is 0.394 e. The third kappa shape index (κ3) is 2.07. The number of aryl methyl sites for hydroxylation is 2. The van der Waals surface area contributed by atoms with Crippen molar-refractivity contribution in [1.29, 1.82) is 0 Å². The number of rotatable bonds is 2. The highest BCUT2D eigenvalue weighted by molar-refractivity contribution is 5.08. The van der Waals surface area contributed by atoms with Crippen LogP contribution in [0.1, 0.15) is 24.3 Å². The van der Waals surface area contributed by atoms with Crippen LogP contribution in [0.25, 0.3) is 0 Å². The predicted molar refractivity (Wildman–Crippen MR) is 52.5 cm³/mol. The lowest BCUT2D eigenvalue weighted by atomic mass is 10.1. The van der Waals surface area contributed by atoms with E-state index in [0.29, 0.717) is 6.08 Å². The first-order valence-electron chi connectivity index (χ1n) is 5.07. The van der Waals surface area contributed by atoms with E-state index in [1.807, 2.05) is 13.8 Å². The highest BCUT2D eigenvalue weighted by atomic mass is 16.6. The fourth-order valence-corrected chi connectivity index (χ4v) is 1.56. The van der Waals surface area contributed by atoms with Gasteiger partial charge in [0.2, 0.25) is 0 Å². The lowest BCUT2D eigenvalue weighted by Gasteiger charge is -2.21. The molecule has 0 aromatic carbocycles. The van der Waals surface area contributed by atoms with Crippen LogP contribution < -0.4 is 10.1 Å². The molecule has 4 nitrogen and oxygen atoms in total. The minimum absolute atomic E-state index is 0.209. The first-order chi connectivity index (χ1) is 6.75. The Labute approximate surface area is 83.7 Å². The largest absolute Gasteiger partial charge is 0.446 e. The van der Waals surface area contributed by atoms with Gasteiger partial charge in [-0.15, -0.1) is 0 Å². The number of oxazole rings is 1. The normalized spacial score (nSPS) is 22.3. The molecule has 1 unspecified atom stereocenters. The molecule has 4 heteroatoms. The first-order valence-corrected chi connectivity index (χ1v) is 5.07. The summed E-state index contributed by atoms with van der Waals surface area (Å²) in [6.45, 7) is 5.79. The zero-order chi connectivity index (χ0) is 9.97. The van der Waals surface area contributed by atoms with Gasteiger partial charge in [-0.25, -0.2) is 0 Å². The van der Waals surface area contributed by atoms with Crippen molar-refractivity contribution in [2.24, 2.45) is 0 Å². The molecule has 0 bridgehead atoms. The smallest absolute Gasteiger partial charge is 0.394 e. The molecule has 1 atom stereocenters. The Morgan fingerprint density at radius 3 is 2.93 bits per heavy atom. The monoisotopic (exact) mass is 196 g/mol. The quantitative estimate of drug-likeness (QED) is 0.777. The van der Waals surface area contributed by atoms with Gasteiger partial charge in [0.15, 0.2) is 0 Å². The molecular weight excluding hydrogens is 180 g/mol. The van der Waals surface area contributed by atoms with Crippen molar-refractivity contribution in [3.63, 3.8) is 0 Å². The van der Waals surface area contributed by atoms with Gasteiger partial charge in [-0.1, -0.05) is 0 Å². The highest BCUT2D eigenvalue weighted by Gasteiger charge is 2.17. The average molecular weight is 196 g/mol. The summed E-state index contributed by atoms with van der Waals surface area (Å²) in [5.74, 6) is 0.837. The van der Waals surface area contributed by atoms with Gasteiger partial charge in [-0.2, -0.15) is 4.98 Å². The van der Waals surface area contributed by atoms with Gasteiger partial charge in [0, 0.05) is 6.54 Å². The molecule has 0 aliphatic carbocycles. The van der Waals surface area contributed by atoms with Crippen LogP contribution >= 0.6 is 0 Å². The number of aromatic nitrogens is 1. The number of ether oxygens (including phenoxy) is 1. The molecule has 1 aromatic rings. The van der Waals surface area contributed by atoms with Gasteiger partial charge < -0.3 is 14.5 Å². The van der Waals surface area contributed by atoms with Crippen LogP contribution in [-0.2, 0) is 0 Å². The van der Waals surface area contributed by atoms with E-state index in [1.165, 1.54) is 0 Å². The van der Waals surface area contributed by atoms with Crippen LogP contribution in [0.3, 0.4) is 0 Å². The SMILES string of the molecule is Cc1nc(OC2CCCNC2)oc1C. The molecular formula is C10H16N2O2. The maximum atomic E-state index is 5.62. The first kappa shape index (κ1) is 9.52. The molecule has 1 fully saturated rings. The predicted octanol–water partition coefficient (Wildman–Crippen LogP) is 1.42. The Morgan fingerprint density at radius 1 is 1.50 bits per heavy atom. The summed E-state index contributed by atoms with van der Waals surface area (Å²) in [5, 5.41) is 3.28. The van der Waals surface area contributed by atoms with Gasteiger partial charge in [0.25, 0.3) is 0 Å². The van der Waals surface area contributed by atoms with E-state index in [2.05, 4.69) is 10.3 Å². The summed E-state index contributed by atoms with van der Waals surface area (Å²) in [4.78, 5) is 4.19. The minimum atomic E-state index is 0.209. The van der Waals surface area contributed by atoms with Gasteiger partial charge in [-0.05, 0) is 33.2 Å². The molecule has 0 radical (unpaired) electrons. The number of hydrogen-bond acceptors (Lipinski definition) is 4. The summed E-state index contributed by atoms with van der Waals surface area (Å²) in [6, 6.07) is 0. The molecule has 1 N–H and O–H groups in total. The molecule has 0 saturated carbocycles. The van der Waals surface area contributed by atoms with Crippen LogP contribution in [0.15, 0.2) is 4.42 Å². The van der Waals surface area contributed by atoms with E-state index in [9.17, 15) is 0 Å². The van der Waals surface area contributed by atoms with Crippen molar-refractivity contribution in [1.82, 2.24) is 10.3 Å². The number of nitrogens with zero attached hydrogens (tertiary/aromatic N) is 1. The summed E-state index contributed by atoms with van der Waals surface area (Å²) in [7, 11) is 0. The van der Waals surface area contributed by atoms with E-state index in [0.717, 1.165) is 37.4 Å². The van der Waals surface area contributed by atoms with Crippen LogP contribution in [0.4, 0.5) is 0 Å². The van der Waals surface area contributed by atoms with Crippen LogP contribution in [0.2, 0.25) is 0 Å². The Kier molecular flexibility index (Phi) is 2.72. The van der Waals surface area contributed by atoms with Crippen molar-refractivity contribution in [3.8, 4) is 6.08 Å². The molecule has 1 saturated heterocycles. The van der Waals surface area contributed by atoms with Crippen molar-refractivity contribution >= 4 is 0 Å². The Balaban J connectivity index is 1.95. The van der Waals surface area contributed by atoms with Gasteiger partial charge in [-0.3, -0.25) is 0 Å². The molecule has 2 rings (SSSR count).